The molecule has 6 heteroatoms. The van der Waals surface area contributed by atoms with Crippen LogP contribution in [0.15, 0.2) is 42.5 Å². The molecule has 1 fully saturated rings. The molecule has 0 saturated carbocycles. The summed E-state index contributed by atoms with van der Waals surface area (Å²) in [6.07, 6.45) is 0. The van der Waals surface area contributed by atoms with E-state index in [0.29, 0.717) is 11.5 Å². The second-order valence-corrected chi connectivity index (χ2v) is 7.78. The standard InChI is InChI=1S/C18H18INO3S/c1-22-15-7-6-13(11-16(15)23-2)18-20(8-9-24-18)17(21)12-4-3-5-14(19)10-12/h3-7,10-11,18H,8-9H2,1-2H3. The number of thioether (sulfide) groups is 1. The smallest absolute Gasteiger partial charge is 0.255 e. The Hall–Kier alpha value is -1.41. The van der Waals surface area contributed by atoms with Gasteiger partial charge in [-0.3, -0.25) is 4.79 Å². The number of benzene rings is 2. The first-order valence-corrected chi connectivity index (χ1v) is 9.67. The fourth-order valence-corrected chi connectivity index (χ4v) is 4.54. The Balaban J connectivity index is 1.89. The van der Waals surface area contributed by atoms with Crippen molar-refractivity contribution in [2.45, 2.75) is 5.37 Å². The highest BCUT2D eigenvalue weighted by Gasteiger charge is 2.31. The zero-order valence-corrected chi connectivity index (χ0v) is 16.5. The maximum Gasteiger partial charge on any atom is 0.255 e. The van der Waals surface area contributed by atoms with E-state index < -0.39 is 0 Å². The van der Waals surface area contributed by atoms with Gasteiger partial charge in [-0.1, -0.05) is 12.1 Å². The third kappa shape index (κ3) is 3.49. The summed E-state index contributed by atoms with van der Waals surface area (Å²) in [4.78, 5) is 14.8. The molecule has 0 spiro atoms. The summed E-state index contributed by atoms with van der Waals surface area (Å²) < 4.78 is 11.8. The van der Waals surface area contributed by atoms with Crippen molar-refractivity contribution in [3.05, 3.63) is 57.2 Å². The van der Waals surface area contributed by atoms with Crippen molar-refractivity contribution >= 4 is 40.3 Å². The molecule has 126 valence electrons. The Morgan fingerprint density at radius 1 is 1.17 bits per heavy atom. The minimum atomic E-state index is -0.00447. The van der Waals surface area contributed by atoms with E-state index in [0.717, 1.165) is 27.0 Å². The molecule has 3 rings (SSSR count). The maximum absolute atomic E-state index is 12.9. The van der Waals surface area contributed by atoms with E-state index in [1.807, 2.05) is 47.4 Å². The molecule has 1 unspecified atom stereocenters. The highest BCUT2D eigenvalue weighted by molar-refractivity contribution is 14.1. The molecule has 0 N–H and O–H groups in total. The molecular weight excluding hydrogens is 437 g/mol. The van der Waals surface area contributed by atoms with Crippen LogP contribution in [0.25, 0.3) is 0 Å². The van der Waals surface area contributed by atoms with Gasteiger partial charge in [0.2, 0.25) is 0 Å². The van der Waals surface area contributed by atoms with Crippen molar-refractivity contribution in [3.63, 3.8) is 0 Å². The molecule has 0 bridgehead atoms. The van der Waals surface area contributed by atoms with E-state index in [4.69, 9.17) is 9.47 Å². The Bertz CT molecular complexity index is 753. The Kier molecular flexibility index (Phi) is 5.55. The number of nitrogens with zero attached hydrogens (tertiary/aromatic N) is 1. The fraction of sp³-hybridized carbons (Fsp3) is 0.278. The monoisotopic (exact) mass is 455 g/mol. The number of halogens is 1. The van der Waals surface area contributed by atoms with Crippen molar-refractivity contribution in [1.29, 1.82) is 0 Å². The molecule has 0 aromatic heterocycles. The quantitative estimate of drug-likeness (QED) is 0.649. The van der Waals surface area contributed by atoms with Crippen molar-refractivity contribution in [2.75, 3.05) is 26.5 Å². The lowest BCUT2D eigenvalue weighted by Gasteiger charge is -2.25. The molecule has 1 heterocycles. The predicted molar refractivity (Wildman–Crippen MR) is 105 cm³/mol. The van der Waals surface area contributed by atoms with Crippen LogP contribution in [-0.4, -0.2) is 37.3 Å². The van der Waals surface area contributed by atoms with Crippen LogP contribution < -0.4 is 9.47 Å². The van der Waals surface area contributed by atoms with Gasteiger partial charge in [0, 0.05) is 21.4 Å². The molecule has 2 aromatic rings. The first-order valence-electron chi connectivity index (χ1n) is 7.54. The highest BCUT2D eigenvalue weighted by atomic mass is 127. The number of ether oxygens (including phenoxy) is 2. The van der Waals surface area contributed by atoms with E-state index >= 15 is 0 Å². The van der Waals surface area contributed by atoms with E-state index in [1.165, 1.54) is 0 Å². The van der Waals surface area contributed by atoms with Crippen molar-refractivity contribution in [2.24, 2.45) is 0 Å². The van der Waals surface area contributed by atoms with Crippen LogP contribution in [0.5, 0.6) is 11.5 Å². The minimum Gasteiger partial charge on any atom is -0.493 e. The molecule has 1 saturated heterocycles. The summed E-state index contributed by atoms with van der Waals surface area (Å²) in [7, 11) is 3.24. The molecule has 1 atom stereocenters. The van der Waals surface area contributed by atoms with Crippen LogP contribution >= 0.6 is 34.4 Å². The van der Waals surface area contributed by atoms with Crippen LogP contribution in [0.1, 0.15) is 21.3 Å². The number of carbonyl (C=O) groups excluding carboxylic acids is 1. The zero-order chi connectivity index (χ0) is 17.1. The van der Waals surface area contributed by atoms with Crippen LogP contribution in [0, 0.1) is 3.57 Å². The number of amides is 1. The van der Waals surface area contributed by atoms with Gasteiger partial charge in [-0.15, -0.1) is 11.8 Å². The summed E-state index contributed by atoms with van der Waals surface area (Å²) in [5.41, 5.74) is 1.78. The van der Waals surface area contributed by atoms with Gasteiger partial charge < -0.3 is 14.4 Å². The first kappa shape index (κ1) is 17.4. The molecule has 0 radical (unpaired) electrons. The molecule has 24 heavy (non-hydrogen) atoms. The van der Waals surface area contributed by atoms with E-state index in [9.17, 15) is 4.79 Å². The summed E-state index contributed by atoms with van der Waals surface area (Å²) in [6.45, 7) is 0.744. The SMILES string of the molecule is COc1ccc(C2SCCN2C(=O)c2cccc(I)c2)cc1OC. The van der Waals surface area contributed by atoms with Crippen LogP contribution in [0.4, 0.5) is 0 Å². The van der Waals surface area contributed by atoms with Gasteiger partial charge in [0.25, 0.3) is 5.91 Å². The lowest BCUT2D eigenvalue weighted by molar-refractivity contribution is 0.0760. The average Bonchev–Trinajstić information content (AvgIpc) is 3.10. The van der Waals surface area contributed by atoms with Gasteiger partial charge in [-0.2, -0.15) is 0 Å². The Morgan fingerprint density at radius 2 is 1.96 bits per heavy atom. The van der Waals surface area contributed by atoms with E-state index in [2.05, 4.69) is 22.6 Å². The van der Waals surface area contributed by atoms with Crippen molar-refractivity contribution < 1.29 is 14.3 Å². The number of rotatable bonds is 4. The van der Waals surface area contributed by atoms with E-state index in [-0.39, 0.29) is 11.3 Å². The van der Waals surface area contributed by atoms with Crippen LogP contribution in [0.3, 0.4) is 0 Å². The van der Waals surface area contributed by atoms with Crippen LogP contribution in [0.2, 0.25) is 0 Å². The third-order valence-corrected chi connectivity index (χ3v) is 5.85. The summed E-state index contributed by atoms with van der Waals surface area (Å²) >= 11 is 4.00. The average molecular weight is 455 g/mol. The summed E-state index contributed by atoms with van der Waals surface area (Å²) in [5, 5.41) is -0.00447. The van der Waals surface area contributed by atoms with Crippen LogP contribution in [-0.2, 0) is 0 Å². The van der Waals surface area contributed by atoms with Gasteiger partial charge in [-0.25, -0.2) is 0 Å². The number of hydrogen-bond acceptors (Lipinski definition) is 4. The number of methoxy groups -OCH3 is 2. The molecule has 1 amide bonds. The lowest BCUT2D eigenvalue weighted by atomic mass is 10.1. The second kappa shape index (κ2) is 7.65. The molecular formula is C18H18INO3S. The Labute approximate surface area is 159 Å². The zero-order valence-electron chi connectivity index (χ0n) is 13.5. The van der Waals surface area contributed by atoms with Gasteiger partial charge in [0.15, 0.2) is 11.5 Å². The molecule has 0 aliphatic carbocycles. The third-order valence-electron chi connectivity index (χ3n) is 3.92. The minimum absolute atomic E-state index is 0.00447. The predicted octanol–water partition coefficient (Wildman–Crippen LogP) is 4.20. The van der Waals surface area contributed by atoms with E-state index in [1.54, 1.807) is 26.0 Å². The molecule has 4 nitrogen and oxygen atoms in total. The second-order valence-electron chi connectivity index (χ2n) is 5.35. The molecule has 1 aliphatic rings. The van der Waals surface area contributed by atoms with Gasteiger partial charge in [0.1, 0.15) is 5.37 Å². The molecule has 2 aromatic carbocycles. The van der Waals surface area contributed by atoms with Crippen molar-refractivity contribution in [3.8, 4) is 11.5 Å². The Morgan fingerprint density at radius 3 is 2.67 bits per heavy atom. The number of carbonyl (C=O) groups is 1. The normalized spacial score (nSPS) is 17.0. The largest absolute Gasteiger partial charge is 0.493 e. The summed E-state index contributed by atoms with van der Waals surface area (Å²) in [6, 6.07) is 13.6. The molecule has 1 aliphatic heterocycles. The maximum atomic E-state index is 12.9. The highest BCUT2D eigenvalue weighted by Crippen LogP contribution is 2.41. The topological polar surface area (TPSA) is 38.8 Å². The fourth-order valence-electron chi connectivity index (χ4n) is 2.75. The number of hydrogen-bond donors (Lipinski definition) is 0. The lowest BCUT2D eigenvalue weighted by Crippen LogP contribution is -2.30. The first-order chi connectivity index (χ1) is 11.6. The van der Waals surface area contributed by atoms with Gasteiger partial charge in [0.05, 0.1) is 14.2 Å². The van der Waals surface area contributed by atoms with Gasteiger partial charge in [-0.05, 0) is 58.5 Å². The summed E-state index contributed by atoms with van der Waals surface area (Å²) in [5.74, 6) is 2.37. The van der Waals surface area contributed by atoms with Gasteiger partial charge >= 0.3 is 0 Å². The van der Waals surface area contributed by atoms with Crippen molar-refractivity contribution in [1.82, 2.24) is 4.90 Å².